The van der Waals surface area contributed by atoms with Gasteiger partial charge in [0, 0.05) is 5.69 Å². The Balaban J connectivity index is 1.80. The monoisotopic (exact) mass is 330 g/mol. The van der Waals surface area contributed by atoms with Crippen LogP contribution in [0.2, 0.25) is 0 Å². The Hall–Kier alpha value is -2.74. The predicted molar refractivity (Wildman–Crippen MR) is 90.0 cm³/mol. The van der Waals surface area contributed by atoms with E-state index < -0.39 is 6.04 Å². The molecule has 128 valence electrons. The molecule has 1 atom stereocenters. The number of carbonyl (C=O) groups excluding carboxylic acids is 2. The van der Waals surface area contributed by atoms with Gasteiger partial charge in [-0.15, -0.1) is 0 Å². The van der Waals surface area contributed by atoms with E-state index in [0.29, 0.717) is 12.2 Å². The number of amides is 2. The Morgan fingerprint density at radius 1 is 1.25 bits per heavy atom. The molecule has 0 saturated heterocycles. The van der Waals surface area contributed by atoms with Gasteiger partial charge in [-0.1, -0.05) is 26.0 Å². The van der Waals surface area contributed by atoms with Gasteiger partial charge in [-0.25, -0.2) is 9.67 Å². The molecule has 0 radical (unpaired) electrons. The quantitative estimate of drug-likeness (QED) is 0.678. The van der Waals surface area contributed by atoms with E-state index in [0.717, 1.165) is 5.56 Å². The smallest absolute Gasteiger partial charge is 0.243 e. The summed E-state index contributed by atoms with van der Waals surface area (Å²) in [7, 11) is 0. The molecule has 0 aliphatic carbocycles. The van der Waals surface area contributed by atoms with Crippen LogP contribution in [-0.2, 0) is 16.1 Å². The van der Waals surface area contributed by atoms with E-state index in [4.69, 9.17) is 5.73 Å². The van der Waals surface area contributed by atoms with Gasteiger partial charge in [0.15, 0.2) is 0 Å². The molecule has 2 aromatic rings. The topological polar surface area (TPSA) is 115 Å². The second-order valence-electron chi connectivity index (χ2n) is 5.83. The van der Waals surface area contributed by atoms with Crippen LogP contribution in [0.25, 0.3) is 0 Å². The number of nitrogens with one attached hydrogen (secondary N) is 2. The molecule has 0 unspecified atom stereocenters. The van der Waals surface area contributed by atoms with E-state index in [1.807, 2.05) is 26.0 Å². The van der Waals surface area contributed by atoms with Crippen molar-refractivity contribution < 1.29 is 9.59 Å². The van der Waals surface area contributed by atoms with E-state index in [1.165, 1.54) is 6.33 Å². The van der Waals surface area contributed by atoms with Crippen molar-refractivity contribution >= 4 is 17.5 Å². The molecule has 24 heavy (non-hydrogen) atoms. The molecule has 0 aliphatic rings. The molecule has 4 N–H and O–H groups in total. The number of anilines is 1. The molecule has 0 fully saturated rings. The number of nitrogens with zero attached hydrogens (tertiary/aromatic N) is 3. The van der Waals surface area contributed by atoms with Crippen LogP contribution in [0.5, 0.6) is 0 Å². The number of carbonyl (C=O) groups is 2. The van der Waals surface area contributed by atoms with E-state index in [-0.39, 0.29) is 24.3 Å². The van der Waals surface area contributed by atoms with Crippen LogP contribution >= 0.6 is 0 Å². The largest absolute Gasteiger partial charge is 0.346 e. The fourth-order valence-electron chi connectivity index (χ4n) is 1.99. The van der Waals surface area contributed by atoms with Crippen molar-refractivity contribution in [2.24, 2.45) is 11.7 Å². The minimum Gasteiger partial charge on any atom is -0.346 e. The SMILES string of the molecule is CC(C)[C@H](N)C(=O)NCC(=O)Nc1ccc(Cn2cncn2)cc1. The van der Waals surface area contributed by atoms with Crippen molar-refractivity contribution in [1.29, 1.82) is 0 Å². The van der Waals surface area contributed by atoms with Gasteiger partial charge >= 0.3 is 0 Å². The third-order valence-electron chi connectivity index (χ3n) is 3.49. The maximum absolute atomic E-state index is 11.9. The molecule has 2 amide bonds. The normalized spacial score (nSPS) is 12.0. The molecule has 0 aliphatic heterocycles. The average Bonchev–Trinajstić information content (AvgIpc) is 3.06. The summed E-state index contributed by atoms with van der Waals surface area (Å²) in [5.74, 6) is -0.614. The third-order valence-corrected chi connectivity index (χ3v) is 3.49. The molecule has 8 heteroatoms. The van der Waals surface area contributed by atoms with Gasteiger partial charge in [0.05, 0.1) is 19.1 Å². The minimum absolute atomic E-state index is 0.0191. The van der Waals surface area contributed by atoms with Gasteiger partial charge in [-0.05, 0) is 23.6 Å². The lowest BCUT2D eigenvalue weighted by molar-refractivity contribution is -0.125. The molecule has 2 rings (SSSR count). The highest BCUT2D eigenvalue weighted by Gasteiger charge is 2.17. The minimum atomic E-state index is -0.617. The van der Waals surface area contributed by atoms with Crippen molar-refractivity contribution in [3.63, 3.8) is 0 Å². The van der Waals surface area contributed by atoms with Crippen molar-refractivity contribution in [1.82, 2.24) is 20.1 Å². The molecule has 8 nitrogen and oxygen atoms in total. The summed E-state index contributed by atoms with van der Waals surface area (Å²) in [5.41, 5.74) is 7.41. The van der Waals surface area contributed by atoms with Crippen molar-refractivity contribution in [2.75, 3.05) is 11.9 Å². The zero-order valence-corrected chi connectivity index (χ0v) is 13.8. The number of rotatable bonds is 7. The number of hydrogen-bond acceptors (Lipinski definition) is 5. The summed E-state index contributed by atoms with van der Waals surface area (Å²) in [5, 5.41) is 9.29. The summed E-state index contributed by atoms with van der Waals surface area (Å²) in [6.45, 7) is 4.20. The maximum Gasteiger partial charge on any atom is 0.243 e. The Morgan fingerprint density at radius 3 is 2.54 bits per heavy atom. The molecule has 0 spiro atoms. The highest BCUT2D eigenvalue weighted by molar-refractivity contribution is 5.95. The van der Waals surface area contributed by atoms with E-state index >= 15 is 0 Å². The van der Waals surface area contributed by atoms with Crippen LogP contribution in [0, 0.1) is 5.92 Å². The predicted octanol–water partition coefficient (Wildman–Crippen LogP) is 0.364. The van der Waals surface area contributed by atoms with Crippen molar-refractivity contribution in [2.45, 2.75) is 26.4 Å². The fraction of sp³-hybridized carbons (Fsp3) is 0.375. The van der Waals surface area contributed by atoms with Gasteiger partial charge in [0.1, 0.15) is 12.7 Å². The Morgan fingerprint density at radius 2 is 1.96 bits per heavy atom. The second kappa shape index (κ2) is 8.21. The first-order chi connectivity index (χ1) is 11.5. The Labute approximate surface area is 140 Å². The van der Waals surface area contributed by atoms with Crippen molar-refractivity contribution in [3.05, 3.63) is 42.5 Å². The summed E-state index contributed by atoms with van der Waals surface area (Å²) < 4.78 is 1.71. The third kappa shape index (κ3) is 5.17. The summed E-state index contributed by atoms with van der Waals surface area (Å²) in [6.07, 6.45) is 3.12. The molecule has 1 aromatic heterocycles. The molecule has 1 aromatic carbocycles. The standard InChI is InChI=1S/C16H22N6O2/c1-11(2)15(17)16(24)19-7-14(23)21-13-5-3-12(4-6-13)8-22-10-18-9-20-22/h3-6,9-11,15H,7-8,17H2,1-2H3,(H,19,24)(H,21,23)/t15-/m0/s1. The summed E-state index contributed by atoms with van der Waals surface area (Å²) in [4.78, 5) is 27.5. The maximum atomic E-state index is 11.9. The highest BCUT2D eigenvalue weighted by Crippen LogP contribution is 2.10. The van der Waals surface area contributed by atoms with E-state index in [2.05, 4.69) is 20.7 Å². The lowest BCUT2D eigenvalue weighted by atomic mass is 10.1. The Bertz CT molecular complexity index is 666. The van der Waals surface area contributed by atoms with Gasteiger partial charge in [-0.3, -0.25) is 9.59 Å². The lowest BCUT2D eigenvalue weighted by Gasteiger charge is -2.15. The number of aromatic nitrogens is 3. The average molecular weight is 330 g/mol. The van der Waals surface area contributed by atoms with Gasteiger partial charge in [0.2, 0.25) is 11.8 Å². The van der Waals surface area contributed by atoms with Crippen LogP contribution < -0.4 is 16.4 Å². The van der Waals surface area contributed by atoms with Crippen LogP contribution in [0.1, 0.15) is 19.4 Å². The molecular formula is C16H22N6O2. The second-order valence-corrected chi connectivity index (χ2v) is 5.83. The number of hydrogen-bond donors (Lipinski definition) is 3. The van der Waals surface area contributed by atoms with Crippen molar-refractivity contribution in [3.8, 4) is 0 Å². The molecule has 0 bridgehead atoms. The number of benzene rings is 1. The highest BCUT2D eigenvalue weighted by atomic mass is 16.2. The van der Waals surface area contributed by atoms with Crippen LogP contribution in [0.15, 0.2) is 36.9 Å². The Kier molecular flexibility index (Phi) is 6.02. The lowest BCUT2D eigenvalue weighted by Crippen LogP contribution is -2.46. The fourth-order valence-corrected chi connectivity index (χ4v) is 1.99. The van der Waals surface area contributed by atoms with E-state index in [1.54, 1.807) is 23.1 Å². The number of nitrogens with two attached hydrogens (primary N) is 1. The van der Waals surface area contributed by atoms with Crippen LogP contribution in [-0.4, -0.2) is 39.2 Å². The zero-order valence-electron chi connectivity index (χ0n) is 13.8. The molecule has 0 saturated carbocycles. The molecule has 1 heterocycles. The summed E-state index contributed by atoms with van der Waals surface area (Å²) >= 11 is 0. The summed E-state index contributed by atoms with van der Waals surface area (Å²) in [6, 6.07) is 6.76. The first kappa shape index (κ1) is 17.6. The van der Waals surface area contributed by atoms with Crippen LogP contribution in [0.4, 0.5) is 5.69 Å². The van der Waals surface area contributed by atoms with Crippen LogP contribution in [0.3, 0.4) is 0 Å². The zero-order chi connectivity index (χ0) is 17.5. The van der Waals surface area contributed by atoms with Gasteiger partial charge in [0.25, 0.3) is 0 Å². The molecular weight excluding hydrogens is 308 g/mol. The first-order valence-electron chi connectivity index (χ1n) is 7.70. The van der Waals surface area contributed by atoms with Gasteiger partial charge in [-0.2, -0.15) is 5.10 Å². The van der Waals surface area contributed by atoms with Gasteiger partial charge < -0.3 is 16.4 Å². The first-order valence-corrected chi connectivity index (χ1v) is 7.70. The van der Waals surface area contributed by atoms with E-state index in [9.17, 15) is 9.59 Å².